The molecule has 1 unspecified atom stereocenters. The highest BCUT2D eigenvalue weighted by Gasteiger charge is 2.25. The molecule has 0 saturated heterocycles. The summed E-state index contributed by atoms with van der Waals surface area (Å²) in [4.78, 5) is 21.6. The zero-order valence-electron chi connectivity index (χ0n) is 9.85. The van der Waals surface area contributed by atoms with E-state index in [0.29, 0.717) is 19.4 Å². The highest BCUT2D eigenvalue weighted by Crippen LogP contribution is 2.22. The van der Waals surface area contributed by atoms with Crippen molar-refractivity contribution in [2.45, 2.75) is 31.8 Å². The zero-order chi connectivity index (χ0) is 13.1. The number of nitrogens with one attached hydrogen (secondary N) is 1. The van der Waals surface area contributed by atoms with Crippen LogP contribution in [0.15, 0.2) is 18.2 Å². The van der Waals surface area contributed by atoms with Crippen molar-refractivity contribution in [3.63, 3.8) is 0 Å². The highest BCUT2D eigenvalue weighted by molar-refractivity contribution is 5.74. The average Bonchev–Trinajstić information content (AvgIpc) is 2.35. The van der Waals surface area contributed by atoms with Gasteiger partial charge in [0.05, 0.1) is 0 Å². The first-order valence-electron chi connectivity index (χ1n) is 5.85. The summed E-state index contributed by atoms with van der Waals surface area (Å²) in [5, 5.41) is 20.7. The lowest BCUT2D eigenvalue weighted by molar-refractivity contribution is -0.140. The molecule has 1 aromatic carbocycles. The Morgan fingerprint density at radius 1 is 1.33 bits per heavy atom. The number of fused-ring (bicyclic) bond motifs is 1. The molecule has 18 heavy (non-hydrogen) atoms. The van der Waals surface area contributed by atoms with Crippen LogP contribution in [0, 0.1) is 0 Å². The molecule has 0 bridgehead atoms. The molecule has 0 aromatic heterocycles. The van der Waals surface area contributed by atoms with Gasteiger partial charge in [0.2, 0.25) is 0 Å². The lowest BCUT2D eigenvalue weighted by atomic mass is 9.89. The van der Waals surface area contributed by atoms with Gasteiger partial charge < -0.3 is 15.5 Å². The Labute approximate surface area is 104 Å². The quantitative estimate of drug-likeness (QED) is 0.735. The van der Waals surface area contributed by atoms with Crippen LogP contribution in [-0.4, -0.2) is 28.2 Å². The lowest BCUT2D eigenvalue weighted by Crippen LogP contribution is -2.42. The van der Waals surface area contributed by atoms with Gasteiger partial charge in [0.15, 0.2) is 0 Å². The molecule has 1 atom stereocenters. The fraction of sp³-hybridized carbons (Fsp3) is 0.385. The standard InChI is InChI=1S/C13H15NO4/c15-12(16)5-4-8-2-1-3-9-7-14-11(13(17)18)6-10(8)9/h1-3,11,14H,4-7H2,(H,15,16)(H,17,18). The third kappa shape index (κ3) is 2.68. The summed E-state index contributed by atoms with van der Waals surface area (Å²) in [6, 6.07) is 5.14. The first-order chi connectivity index (χ1) is 8.58. The number of hydrogen-bond donors (Lipinski definition) is 3. The monoisotopic (exact) mass is 249 g/mol. The first kappa shape index (κ1) is 12.6. The maximum atomic E-state index is 11.0. The molecule has 0 spiro atoms. The van der Waals surface area contributed by atoms with Crippen molar-refractivity contribution in [3.8, 4) is 0 Å². The Morgan fingerprint density at radius 3 is 2.78 bits per heavy atom. The number of carbonyl (C=O) groups is 2. The summed E-state index contributed by atoms with van der Waals surface area (Å²) in [6.07, 6.45) is 0.937. The van der Waals surface area contributed by atoms with E-state index >= 15 is 0 Å². The van der Waals surface area contributed by atoms with E-state index in [-0.39, 0.29) is 6.42 Å². The summed E-state index contributed by atoms with van der Waals surface area (Å²) in [5.41, 5.74) is 3.00. The predicted octanol–water partition coefficient (Wildman–Crippen LogP) is 0.803. The van der Waals surface area contributed by atoms with Crippen molar-refractivity contribution in [2.24, 2.45) is 0 Å². The minimum Gasteiger partial charge on any atom is -0.481 e. The number of hydrogen-bond acceptors (Lipinski definition) is 3. The lowest BCUT2D eigenvalue weighted by Gasteiger charge is -2.25. The Balaban J connectivity index is 2.22. The summed E-state index contributed by atoms with van der Waals surface area (Å²) in [7, 11) is 0. The maximum absolute atomic E-state index is 11.0. The summed E-state index contributed by atoms with van der Waals surface area (Å²) < 4.78 is 0. The van der Waals surface area contributed by atoms with E-state index in [1.165, 1.54) is 0 Å². The largest absolute Gasteiger partial charge is 0.481 e. The van der Waals surface area contributed by atoms with Crippen LogP contribution in [0.2, 0.25) is 0 Å². The fourth-order valence-corrected chi connectivity index (χ4v) is 2.28. The Kier molecular flexibility index (Phi) is 3.62. The Hall–Kier alpha value is -1.88. The number of carboxylic acid groups (broad SMARTS) is 2. The second kappa shape index (κ2) is 5.18. The van der Waals surface area contributed by atoms with Crippen molar-refractivity contribution >= 4 is 11.9 Å². The molecule has 5 heteroatoms. The second-order valence-electron chi connectivity index (χ2n) is 4.42. The second-order valence-corrected chi connectivity index (χ2v) is 4.42. The smallest absolute Gasteiger partial charge is 0.321 e. The van der Waals surface area contributed by atoms with E-state index in [1.807, 2.05) is 18.2 Å². The number of carboxylic acids is 2. The third-order valence-electron chi connectivity index (χ3n) is 3.22. The predicted molar refractivity (Wildman–Crippen MR) is 64.4 cm³/mol. The van der Waals surface area contributed by atoms with Crippen LogP contribution in [0.1, 0.15) is 23.1 Å². The van der Waals surface area contributed by atoms with Gasteiger partial charge in [-0.3, -0.25) is 9.59 Å². The molecule has 0 aliphatic carbocycles. The summed E-state index contributed by atoms with van der Waals surface area (Å²) >= 11 is 0. The molecule has 3 N–H and O–H groups in total. The van der Waals surface area contributed by atoms with E-state index in [4.69, 9.17) is 10.2 Å². The molecule has 1 heterocycles. The number of aryl methyl sites for hydroxylation is 1. The van der Waals surface area contributed by atoms with E-state index in [9.17, 15) is 9.59 Å². The zero-order valence-corrected chi connectivity index (χ0v) is 9.85. The summed E-state index contributed by atoms with van der Waals surface area (Å²) in [6.45, 7) is 0.521. The first-order valence-corrected chi connectivity index (χ1v) is 5.85. The molecule has 1 aromatic rings. The van der Waals surface area contributed by atoms with Gasteiger partial charge in [0.1, 0.15) is 6.04 Å². The van der Waals surface area contributed by atoms with Crippen molar-refractivity contribution in [3.05, 3.63) is 34.9 Å². The van der Waals surface area contributed by atoms with Gasteiger partial charge in [-0.05, 0) is 29.5 Å². The highest BCUT2D eigenvalue weighted by atomic mass is 16.4. The molecule has 0 fully saturated rings. The minimum absolute atomic E-state index is 0.0711. The van der Waals surface area contributed by atoms with Crippen LogP contribution < -0.4 is 5.32 Å². The molecule has 2 rings (SSSR count). The molecule has 96 valence electrons. The van der Waals surface area contributed by atoms with Crippen molar-refractivity contribution < 1.29 is 19.8 Å². The Morgan fingerprint density at radius 2 is 2.11 bits per heavy atom. The molecular weight excluding hydrogens is 234 g/mol. The van der Waals surface area contributed by atoms with E-state index in [0.717, 1.165) is 16.7 Å². The molecule has 0 saturated carbocycles. The maximum Gasteiger partial charge on any atom is 0.321 e. The number of benzene rings is 1. The van der Waals surface area contributed by atoms with Gasteiger partial charge in [0, 0.05) is 13.0 Å². The topological polar surface area (TPSA) is 86.6 Å². The van der Waals surface area contributed by atoms with Crippen LogP contribution >= 0.6 is 0 Å². The Bertz CT molecular complexity index is 484. The van der Waals surface area contributed by atoms with E-state index in [2.05, 4.69) is 5.32 Å². The van der Waals surface area contributed by atoms with Crippen molar-refractivity contribution in [1.29, 1.82) is 0 Å². The van der Waals surface area contributed by atoms with Gasteiger partial charge >= 0.3 is 11.9 Å². The summed E-state index contributed by atoms with van der Waals surface area (Å²) in [5.74, 6) is -1.70. The fourth-order valence-electron chi connectivity index (χ4n) is 2.28. The molecule has 0 amide bonds. The van der Waals surface area contributed by atoms with Gasteiger partial charge in [-0.1, -0.05) is 18.2 Å². The third-order valence-corrected chi connectivity index (χ3v) is 3.22. The van der Waals surface area contributed by atoms with E-state index in [1.54, 1.807) is 0 Å². The van der Waals surface area contributed by atoms with Gasteiger partial charge in [-0.15, -0.1) is 0 Å². The van der Waals surface area contributed by atoms with Crippen LogP contribution in [0.5, 0.6) is 0 Å². The number of aliphatic carboxylic acids is 2. The average molecular weight is 249 g/mol. The van der Waals surface area contributed by atoms with Gasteiger partial charge in [-0.25, -0.2) is 0 Å². The van der Waals surface area contributed by atoms with Crippen LogP contribution in [-0.2, 0) is 29.0 Å². The van der Waals surface area contributed by atoms with Crippen molar-refractivity contribution in [2.75, 3.05) is 0 Å². The molecule has 5 nitrogen and oxygen atoms in total. The van der Waals surface area contributed by atoms with E-state index < -0.39 is 18.0 Å². The van der Waals surface area contributed by atoms with Gasteiger partial charge in [-0.2, -0.15) is 0 Å². The molecule has 1 aliphatic heterocycles. The number of rotatable bonds is 4. The van der Waals surface area contributed by atoms with Crippen molar-refractivity contribution in [1.82, 2.24) is 5.32 Å². The molecular formula is C13H15NO4. The SMILES string of the molecule is O=C(O)CCc1cccc2c1CC(C(=O)O)NC2. The van der Waals surface area contributed by atoms with Crippen LogP contribution in [0.4, 0.5) is 0 Å². The molecule has 1 aliphatic rings. The minimum atomic E-state index is -0.867. The van der Waals surface area contributed by atoms with Gasteiger partial charge in [0.25, 0.3) is 0 Å². The normalized spacial score (nSPS) is 18.1. The molecule has 0 radical (unpaired) electrons. The van der Waals surface area contributed by atoms with Crippen LogP contribution in [0.3, 0.4) is 0 Å². The van der Waals surface area contributed by atoms with Crippen LogP contribution in [0.25, 0.3) is 0 Å².